The van der Waals surface area contributed by atoms with Crippen LogP contribution in [0.5, 0.6) is 0 Å². The molecule has 0 unspecified atom stereocenters. The fourth-order valence-electron chi connectivity index (χ4n) is 5.25. The van der Waals surface area contributed by atoms with E-state index in [1.54, 1.807) is 21.9 Å². The minimum Gasteiger partial charge on any atom is -0.352 e. The predicted octanol–water partition coefficient (Wildman–Crippen LogP) is 2.81. The van der Waals surface area contributed by atoms with E-state index < -0.39 is 0 Å². The molecule has 1 atom stereocenters. The lowest BCUT2D eigenvalue weighted by Gasteiger charge is -2.36. The highest BCUT2D eigenvalue weighted by Gasteiger charge is 2.37. The second kappa shape index (κ2) is 8.09. The highest BCUT2D eigenvalue weighted by atomic mass is 16.2. The van der Waals surface area contributed by atoms with Crippen molar-refractivity contribution in [2.45, 2.75) is 43.7 Å². The smallest absolute Gasteiger partial charge is 0.246 e. The first-order chi connectivity index (χ1) is 16.6. The molecule has 2 N–H and O–H groups in total. The Morgan fingerprint density at radius 1 is 1.18 bits per heavy atom. The van der Waals surface area contributed by atoms with Gasteiger partial charge in [-0.3, -0.25) is 9.59 Å². The summed E-state index contributed by atoms with van der Waals surface area (Å²) in [5, 5.41) is 12.8. The molecule has 2 amide bonds. The van der Waals surface area contributed by atoms with Gasteiger partial charge in [-0.1, -0.05) is 6.58 Å². The third-order valence-electron chi connectivity index (χ3n) is 7.08. The van der Waals surface area contributed by atoms with Gasteiger partial charge in [-0.2, -0.15) is 14.8 Å². The number of carbonyl (C=O) groups is 2. The van der Waals surface area contributed by atoms with Gasteiger partial charge in [0.2, 0.25) is 11.8 Å². The van der Waals surface area contributed by atoms with Gasteiger partial charge in [0.15, 0.2) is 0 Å². The molecule has 9 heteroatoms. The van der Waals surface area contributed by atoms with Crippen LogP contribution in [0.4, 0.5) is 0 Å². The number of hydrogen-bond acceptors (Lipinski definition) is 5. The molecule has 0 bridgehead atoms. The van der Waals surface area contributed by atoms with Crippen LogP contribution in [0.15, 0.2) is 55.5 Å². The molecule has 1 aliphatic carbocycles. The van der Waals surface area contributed by atoms with Crippen molar-refractivity contribution in [1.29, 1.82) is 0 Å². The second-order valence-electron chi connectivity index (χ2n) is 9.07. The van der Waals surface area contributed by atoms with Crippen LogP contribution in [-0.4, -0.2) is 60.1 Å². The molecule has 34 heavy (non-hydrogen) atoms. The highest BCUT2D eigenvalue weighted by Crippen LogP contribution is 2.39. The van der Waals surface area contributed by atoms with Crippen molar-refractivity contribution in [1.82, 2.24) is 35.0 Å². The molecule has 1 saturated carbocycles. The van der Waals surface area contributed by atoms with Crippen LogP contribution in [0.3, 0.4) is 0 Å². The summed E-state index contributed by atoms with van der Waals surface area (Å²) in [4.78, 5) is 34.4. The largest absolute Gasteiger partial charge is 0.352 e. The Morgan fingerprint density at radius 2 is 2.06 bits per heavy atom. The van der Waals surface area contributed by atoms with Crippen LogP contribution >= 0.6 is 0 Å². The van der Waals surface area contributed by atoms with Gasteiger partial charge < -0.3 is 15.2 Å². The summed E-state index contributed by atoms with van der Waals surface area (Å²) < 4.78 is 1.63. The number of hydrogen-bond donors (Lipinski definition) is 2. The molecule has 0 aromatic carbocycles. The lowest BCUT2D eigenvalue weighted by molar-refractivity contribution is -0.135. The first-order valence-electron chi connectivity index (χ1n) is 11.6. The maximum Gasteiger partial charge on any atom is 0.246 e. The molecule has 6 rings (SSSR count). The second-order valence-corrected chi connectivity index (χ2v) is 9.07. The summed E-state index contributed by atoms with van der Waals surface area (Å²) in [6.45, 7) is 4.16. The number of nitrogens with one attached hydrogen (secondary N) is 2. The Hall–Kier alpha value is -4.01. The molecule has 1 saturated heterocycles. The molecule has 0 radical (unpaired) electrons. The van der Waals surface area contributed by atoms with Gasteiger partial charge in [-0.15, -0.1) is 0 Å². The van der Waals surface area contributed by atoms with Crippen molar-refractivity contribution >= 4 is 28.4 Å². The lowest BCUT2D eigenvalue weighted by atomic mass is 9.78. The first-order valence-corrected chi connectivity index (χ1v) is 11.6. The van der Waals surface area contributed by atoms with E-state index in [2.05, 4.69) is 38.1 Å². The number of carbonyl (C=O) groups excluding carboxylic acids is 2. The minimum absolute atomic E-state index is 0.0570. The summed E-state index contributed by atoms with van der Waals surface area (Å²) in [6, 6.07) is 7.81. The maximum absolute atomic E-state index is 12.8. The van der Waals surface area contributed by atoms with E-state index in [4.69, 9.17) is 0 Å². The summed E-state index contributed by atoms with van der Waals surface area (Å²) >= 11 is 0. The Morgan fingerprint density at radius 3 is 2.91 bits per heavy atom. The van der Waals surface area contributed by atoms with Crippen LogP contribution in [0, 0.1) is 0 Å². The van der Waals surface area contributed by atoms with Crippen molar-refractivity contribution in [2.24, 2.45) is 0 Å². The van der Waals surface area contributed by atoms with E-state index >= 15 is 0 Å². The predicted molar refractivity (Wildman–Crippen MR) is 127 cm³/mol. The third kappa shape index (κ3) is 3.35. The van der Waals surface area contributed by atoms with Gasteiger partial charge in [0, 0.05) is 47.5 Å². The van der Waals surface area contributed by atoms with Gasteiger partial charge >= 0.3 is 0 Å². The molecule has 1 aliphatic heterocycles. The van der Waals surface area contributed by atoms with Gasteiger partial charge in [0.1, 0.15) is 11.7 Å². The van der Waals surface area contributed by atoms with E-state index in [1.165, 1.54) is 6.08 Å². The normalized spacial score (nSPS) is 22.1. The zero-order valence-electron chi connectivity index (χ0n) is 18.6. The SMILES string of the molecule is C=CC(=O)N1CCC[C@H]1C(=O)NC1CC(c2cc3c(-c4cnn5ncccc45)ccnc3[nH]2)C1. The topological polar surface area (TPSA) is 108 Å². The summed E-state index contributed by atoms with van der Waals surface area (Å²) in [5.41, 5.74) is 4.99. The van der Waals surface area contributed by atoms with E-state index in [-0.39, 0.29) is 23.9 Å². The molecule has 4 aromatic rings. The Kier molecular flexibility index (Phi) is 4.90. The van der Waals surface area contributed by atoms with Crippen molar-refractivity contribution in [2.75, 3.05) is 6.54 Å². The van der Waals surface area contributed by atoms with E-state index in [0.29, 0.717) is 18.9 Å². The highest BCUT2D eigenvalue weighted by molar-refractivity contribution is 5.97. The van der Waals surface area contributed by atoms with Crippen LogP contribution < -0.4 is 5.32 Å². The lowest BCUT2D eigenvalue weighted by Crippen LogP contribution is -2.51. The van der Waals surface area contributed by atoms with Crippen molar-refractivity contribution in [3.63, 3.8) is 0 Å². The summed E-state index contributed by atoms with van der Waals surface area (Å²) in [7, 11) is 0. The molecule has 9 nitrogen and oxygen atoms in total. The number of aromatic amines is 1. The monoisotopic (exact) mass is 455 g/mol. The Balaban J connectivity index is 1.17. The fourth-order valence-corrected chi connectivity index (χ4v) is 5.25. The van der Waals surface area contributed by atoms with E-state index in [9.17, 15) is 9.59 Å². The molecular formula is C25H25N7O2. The standard InChI is InChI=1S/C25H25N7O2/c1-2-23(33)31-10-4-6-22(31)25(34)29-16-11-15(12-16)20-13-18-17(7-9-26-24(18)30-20)19-14-28-32-21(19)5-3-8-27-32/h2-3,5,7-9,13-16,22H,1,4,6,10-12H2,(H,26,30)(H,29,34)/t15?,16?,22-/m0/s1. The number of nitrogens with zero attached hydrogens (tertiary/aromatic N) is 5. The van der Waals surface area contributed by atoms with Crippen molar-refractivity contribution < 1.29 is 9.59 Å². The van der Waals surface area contributed by atoms with Crippen molar-refractivity contribution in [3.05, 3.63) is 61.2 Å². The number of H-pyrrole nitrogens is 1. The molecule has 172 valence electrons. The molecule has 2 aliphatic rings. The van der Waals surface area contributed by atoms with Crippen molar-refractivity contribution in [3.8, 4) is 11.1 Å². The van der Waals surface area contributed by atoms with Gasteiger partial charge in [-0.25, -0.2) is 4.98 Å². The third-order valence-corrected chi connectivity index (χ3v) is 7.08. The number of rotatable bonds is 5. The van der Waals surface area contributed by atoms with Gasteiger partial charge in [0.25, 0.3) is 0 Å². The van der Waals surface area contributed by atoms with Crippen LogP contribution in [0.2, 0.25) is 0 Å². The molecule has 0 spiro atoms. The Labute approximate surface area is 195 Å². The number of aromatic nitrogens is 5. The molecular weight excluding hydrogens is 430 g/mol. The van der Waals surface area contributed by atoms with Gasteiger partial charge in [-0.05, 0) is 61.6 Å². The fraction of sp³-hybridized carbons (Fsp3) is 0.320. The zero-order valence-corrected chi connectivity index (χ0v) is 18.6. The van der Waals surface area contributed by atoms with Gasteiger partial charge in [0.05, 0.1) is 11.7 Å². The molecule has 4 aromatic heterocycles. The zero-order chi connectivity index (χ0) is 23.2. The number of fused-ring (bicyclic) bond motifs is 2. The average Bonchev–Trinajstić information content (AvgIpc) is 3.57. The molecule has 5 heterocycles. The first kappa shape index (κ1) is 20.6. The number of likely N-dealkylation sites (tertiary alicyclic amines) is 1. The van der Waals surface area contributed by atoms with E-state index in [1.807, 2.05) is 24.4 Å². The average molecular weight is 456 g/mol. The van der Waals surface area contributed by atoms with Crippen LogP contribution in [-0.2, 0) is 9.59 Å². The van der Waals surface area contributed by atoms with Crippen LogP contribution in [0.1, 0.15) is 37.3 Å². The molecule has 2 fully saturated rings. The quantitative estimate of drug-likeness (QED) is 0.450. The van der Waals surface area contributed by atoms with E-state index in [0.717, 1.165) is 52.6 Å². The summed E-state index contributed by atoms with van der Waals surface area (Å²) in [6.07, 6.45) is 9.91. The Bertz CT molecular complexity index is 1420. The maximum atomic E-state index is 12.8. The summed E-state index contributed by atoms with van der Waals surface area (Å²) in [5.74, 6) is 0.0957. The number of pyridine rings is 1. The minimum atomic E-state index is -0.385. The van der Waals surface area contributed by atoms with Crippen LogP contribution in [0.25, 0.3) is 27.7 Å². The number of amides is 2.